The van der Waals surface area contributed by atoms with E-state index in [2.05, 4.69) is 20.6 Å². The number of rotatable bonds is 3. The predicted octanol–water partition coefficient (Wildman–Crippen LogP) is 5.52. The SMILES string of the molecule is Cc1c(C(=O)Nc2ccccc2C(F)(F)F)nnc2c(-c3cccc4ccccc34)cnn12. The van der Waals surface area contributed by atoms with Crippen LogP contribution >= 0.6 is 0 Å². The van der Waals surface area contributed by atoms with Crippen LogP contribution in [0, 0.1) is 6.92 Å². The van der Waals surface area contributed by atoms with Gasteiger partial charge < -0.3 is 5.32 Å². The van der Waals surface area contributed by atoms with Gasteiger partial charge in [0.1, 0.15) is 0 Å². The molecule has 3 aromatic carbocycles. The van der Waals surface area contributed by atoms with Crippen molar-refractivity contribution >= 4 is 28.0 Å². The second-order valence-corrected chi connectivity index (χ2v) is 7.45. The van der Waals surface area contributed by atoms with E-state index in [9.17, 15) is 18.0 Å². The lowest BCUT2D eigenvalue weighted by atomic mass is 10.0. The average molecular weight is 447 g/mol. The first kappa shape index (κ1) is 20.6. The zero-order valence-corrected chi connectivity index (χ0v) is 17.3. The lowest BCUT2D eigenvalue weighted by Gasteiger charge is -2.14. The maximum atomic E-state index is 13.3. The van der Waals surface area contributed by atoms with Crippen molar-refractivity contribution in [1.82, 2.24) is 19.8 Å². The molecule has 1 N–H and O–H groups in total. The molecule has 0 saturated carbocycles. The van der Waals surface area contributed by atoms with E-state index in [0.717, 1.165) is 28.0 Å². The van der Waals surface area contributed by atoms with E-state index in [4.69, 9.17) is 0 Å². The van der Waals surface area contributed by atoms with Crippen LogP contribution in [0.3, 0.4) is 0 Å². The highest BCUT2D eigenvalue weighted by molar-refractivity contribution is 6.04. The van der Waals surface area contributed by atoms with Crippen LogP contribution in [0.2, 0.25) is 0 Å². The number of carbonyl (C=O) groups is 1. The Morgan fingerprint density at radius 2 is 1.64 bits per heavy atom. The van der Waals surface area contributed by atoms with Crippen molar-refractivity contribution < 1.29 is 18.0 Å². The molecular formula is C24H16F3N5O. The molecule has 33 heavy (non-hydrogen) atoms. The average Bonchev–Trinajstić information content (AvgIpc) is 3.23. The van der Waals surface area contributed by atoms with E-state index in [0.29, 0.717) is 11.3 Å². The third-order valence-electron chi connectivity index (χ3n) is 5.42. The smallest absolute Gasteiger partial charge is 0.320 e. The number of hydrogen-bond acceptors (Lipinski definition) is 4. The number of aryl methyl sites for hydroxylation is 1. The minimum absolute atomic E-state index is 0.118. The second-order valence-electron chi connectivity index (χ2n) is 7.45. The molecule has 0 saturated heterocycles. The van der Waals surface area contributed by atoms with Crippen LogP contribution < -0.4 is 5.32 Å². The van der Waals surface area contributed by atoms with Crippen LogP contribution in [0.5, 0.6) is 0 Å². The largest absolute Gasteiger partial charge is 0.418 e. The summed E-state index contributed by atoms with van der Waals surface area (Å²) < 4.78 is 41.3. The van der Waals surface area contributed by atoms with Crippen LogP contribution in [-0.4, -0.2) is 25.7 Å². The Morgan fingerprint density at radius 1 is 0.909 bits per heavy atom. The summed E-state index contributed by atoms with van der Waals surface area (Å²) >= 11 is 0. The van der Waals surface area contributed by atoms with Gasteiger partial charge in [0.05, 0.1) is 23.1 Å². The highest BCUT2D eigenvalue weighted by Gasteiger charge is 2.34. The second kappa shape index (κ2) is 7.70. The molecule has 0 atom stereocenters. The van der Waals surface area contributed by atoms with Gasteiger partial charge in [-0.1, -0.05) is 54.6 Å². The van der Waals surface area contributed by atoms with Crippen molar-refractivity contribution in [2.75, 3.05) is 5.32 Å². The van der Waals surface area contributed by atoms with Crippen molar-refractivity contribution in [3.05, 3.63) is 89.9 Å². The Hall–Kier alpha value is -4.27. The van der Waals surface area contributed by atoms with E-state index < -0.39 is 17.6 Å². The van der Waals surface area contributed by atoms with Gasteiger partial charge in [-0.2, -0.15) is 18.3 Å². The minimum atomic E-state index is -4.61. The molecule has 0 unspecified atom stereocenters. The van der Waals surface area contributed by atoms with Crippen molar-refractivity contribution in [1.29, 1.82) is 0 Å². The highest BCUT2D eigenvalue weighted by Crippen LogP contribution is 2.35. The van der Waals surface area contributed by atoms with Crippen molar-refractivity contribution in [2.24, 2.45) is 0 Å². The summed E-state index contributed by atoms with van der Waals surface area (Å²) in [5.74, 6) is -0.805. The molecule has 0 aliphatic carbocycles. The van der Waals surface area contributed by atoms with Crippen molar-refractivity contribution in [3.63, 3.8) is 0 Å². The molecule has 5 aromatic rings. The van der Waals surface area contributed by atoms with Crippen LogP contribution in [0.25, 0.3) is 27.5 Å². The summed E-state index contributed by atoms with van der Waals surface area (Å²) in [6.45, 7) is 1.62. The Labute approximate surface area is 185 Å². The molecule has 0 radical (unpaired) electrons. The molecule has 1 amide bonds. The molecule has 164 valence electrons. The minimum Gasteiger partial charge on any atom is -0.320 e. The number of nitrogens with one attached hydrogen (secondary N) is 1. The fourth-order valence-corrected chi connectivity index (χ4v) is 3.83. The number of amides is 1. The maximum absolute atomic E-state index is 13.3. The summed E-state index contributed by atoms with van der Waals surface area (Å²) in [5, 5.41) is 16.9. The molecule has 6 nitrogen and oxygen atoms in total. The first-order valence-electron chi connectivity index (χ1n) is 10.0. The number of anilines is 1. The number of carbonyl (C=O) groups excluding carboxylic acids is 1. The molecule has 2 heterocycles. The van der Waals surface area contributed by atoms with Gasteiger partial charge in [0.2, 0.25) is 0 Å². The van der Waals surface area contributed by atoms with Crippen LogP contribution in [0.15, 0.2) is 72.9 Å². The van der Waals surface area contributed by atoms with E-state index >= 15 is 0 Å². The van der Waals surface area contributed by atoms with Gasteiger partial charge in [0, 0.05) is 5.56 Å². The number of fused-ring (bicyclic) bond motifs is 2. The first-order chi connectivity index (χ1) is 15.8. The summed E-state index contributed by atoms with van der Waals surface area (Å²) in [4.78, 5) is 12.8. The lowest BCUT2D eigenvalue weighted by Crippen LogP contribution is -2.20. The molecule has 0 spiro atoms. The predicted molar refractivity (Wildman–Crippen MR) is 118 cm³/mol. The molecule has 9 heteroatoms. The topological polar surface area (TPSA) is 72.2 Å². The number of alkyl halides is 3. The first-order valence-corrected chi connectivity index (χ1v) is 10.0. The summed E-state index contributed by atoms with van der Waals surface area (Å²) in [6.07, 6.45) is -2.97. The Balaban J connectivity index is 1.55. The Bertz CT molecular complexity index is 1520. The zero-order chi connectivity index (χ0) is 23.2. The van der Waals surface area contributed by atoms with Gasteiger partial charge in [-0.25, -0.2) is 4.52 Å². The monoisotopic (exact) mass is 447 g/mol. The normalized spacial score (nSPS) is 11.8. The summed E-state index contributed by atoms with van der Waals surface area (Å²) in [7, 11) is 0. The molecule has 0 aliphatic heterocycles. The van der Waals surface area contributed by atoms with E-state index in [1.807, 2.05) is 42.5 Å². The van der Waals surface area contributed by atoms with Crippen LogP contribution in [0.4, 0.5) is 18.9 Å². The molecule has 0 aliphatic rings. The van der Waals surface area contributed by atoms with Crippen molar-refractivity contribution in [3.8, 4) is 11.1 Å². The summed E-state index contributed by atoms with van der Waals surface area (Å²) in [6, 6.07) is 18.5. The van der Waals surface area contributed by atoms with Gasteiger partial charge in [-0.05, 0) is 35.4 Å². The van der Waals surface area contributed by atoms with Gasteiger partial charge in [-0.3, -0.25) is 4.79 Å². The standard InChI is InChI=1S/C24H16F3N5O/c1-14-21(23(33)29-20-12-5-4-11-19(20)24(25,26)27)30-31-22-18(13-28-32(14)22)17-10-6-8-15-7-2-3-9-16(15)17/h2-13H,1H3,(H,29,33). The third-order valence-corrected chi connectivity index (χ3v) is 5.42. The number of aromatic nitrogens is 4. The molecule has 5 rings (SSSR count). The third kappa shape index (κ3) is 3.57. The molecule has 2 aromatic heterocycles. The fourth-order valence-electron chi connectivity index (χ4n) is 3.83. The van der Waals surface area contributed by atoms with Gasteiger partial charge in [0.25, 0.3) is 5.91 Å². The fraction of sp³-hybridized carbons (Fsp3) is 0.0833. The molecular weight excluding hydrogens is 431 g/mol. The molecule has 0 bridgehead atoms. The Kier molecular flexibility index (Phi) is 4.81. The lowest BCUT2D eigenvalue weighted by molar-refractivity contribution is -0.136. The summed E-state index contributed by atoms with van der Waals surface area (Å²) in [5.41, 5.74) is 1.03. The maximum Gasteiger partial charge on any atom is 0.418 e. The Morgan fingerprint density at radius 3 is 2.45 bits per heavy atom. The van der Waals surface area contributed by atoms with Gasteiger partial charge in [0.15, 0.2) is 11.3 Å². The van der Waals surface area contributed by atoms with Crippen LogP contribution in [0.1, 0.15) is 21.7 Å². The van der Waals surface area contributed by atoms with Crippen molar-refractivity contribution in [2.45, 2.75) is 13.1 Å². The number of benzene rings is 3. The number of halogens is 3. The van der Waals surface area contributed by atoms with Gasteiger partial charge >= 0.3 is 6.18 Å². The molecule has 0 fully saturated rings. The number of hydrogen-bond donors (Lipinski definition) is 1. The van der Waals surface area contributed by atoms with Gasteiger partial charge in [-0.15, -0.1) is 10.2 Å². The number of nitrogens with zero attached hydrogens (tertiary/aromatic N) is 4. The zero-order valence-electron chi connectivity index (χ0n) is 17.3. The van der Waals surface area contributed by atoms with Crippen LogP contribution in [-0.2, 0) is 6.18 Å². The quantitative estimate of drug-likeness (QED) is 0.395. The van der Waals surface area contributed by atoms with E-state index in [1.165, 1.54) is 22.7 Å². The van der Waals surface area contributed by atoms with E-state index in [-0.39, 0.29) is 11.4 Å². The highest BCUT2D eigenvalue weighted by atomic mass is 19.4. The number of para-hydroxylation sites is 1. The van der Waals surface area contributed by atoms with E-state index in [1.54, 1.807) is 13.1 Å².